The first kappa shape index (κ1) is 15.8. The number of Topliss-reactive ketones (excluding diaryl/α,β-unsaturated/α-hetero) is 1. The molecule has 0 radical (unpaired) electrons. The average Bonchev–Trinajstić information content (AvgIpc) is 2.79. The third-order valence-electron chi connectivity index (χ3n) is 3.80. The maximum absolute atomic E-state index is 12.5. The molecule has 1 amide bonds. The van der Waals surface area contributed by atoms with Gasteiger partial charge in [-0.1, -0.05) is 18.2 Å². The van der Waals surface area contributed by atoms with E-state index in [4.69, 9.17) is 9.47 Å². The number of ether oxygens (including phenoxy) is 2. The monoisotopic (exact) mass is 328 g/mol. The number of rotatable bonds is 3. The number of hydrogen-bond donors (Lipinski definition) is 2. The Morgan fingerprint density at radius 2 is 2.17 bits per heavy atom. The van der Waals surface area contributed by atoms with Crippen LogP contribution in [0, 0.1) is 0 Å². The van der Waals surface area contributed by atoms with E-state index < -0.39 is 23.2 Å². The number of nitrogens with zero attached hydrogens (tertiary/aromatic N) is 1. The van der Waals surface area contributed by atoms with E-state index in [-0.39, 0.29) is 12.5 Å². The topological polar surface area (TPSA) is 97.8 Å². The minimum absolute atomic E-state index is 0.152. The minimum Gasteiger partial charge on any atom is -0.501 e. The molecule has 7 nitrogen and oxygen atoms in total. The lowest BCUT2D eigenvalue weighted by Crippen LogP contribution is -2.32. The Balaban J connectivity index is 1.93. The van der Waals surface area contributed by atoms with Gasteiger partial charge >= 0.3 is 6.09 Å². The number of carbonyl (C=O) groups is 2. The SMILES string of the molecule is CCOC(=O)NC1=C(O)C(=O)C(C)(c2cnc3ccccc3c2)O1. The lowest BCUT2D eigenvalue weighted by Gasteiger charge is -2.23. The second-order valence-electron chi connectivity index (χ2n) is 5.40. The van der Waals surface area contributed by atoms with E-state index in [2.05, 4.69) is 10.3 Å². The van der Waals surface area contributed by atoms with Crippen LogP contribution < -0.4 is 5.32 Å². The van der Waals surface area contributed by atoms with Crippen molar-refractivity contribution in [2.75, 3.05) is 6.61 Å². The number of para-hydroxylation sites is 1. The van der Waals surface area contributed by atoms with Crippen LogP contribution in [0.15, 0.2) is 48.2 Å². The van der Waals surface area contributed by atoms with Gasteiger partial charge in [-0.05, 0) is 26.0 Å². The lowest BCUT2D eigenvalue weighted by molar-refractivity contribution is -0.131. The van der Waals surface area contributed by atoms with Gasteiger partial charge < -0.3 is 14.6 Å². The summed E-state index contributed by atoms with van der Waals surface area (Å²) in [6.07, 6.45) is 0.702. The number of aliphatic hydroxyl groups is 1. The summed E-state index contributed by atoms with van der Waals surface area (Å²) in [7, 11) is 0. The van der Waals surface area contributed by atoms with Gasteiger partial charge in [-0.15, -0.1) is 0 Å². The van der Waals surface area contributed by atoms with Gasteiger partial charge in [-0.2, -0.15) is 0 Å². The summed E-state index contributed by atoms with van der Waals surface area (Å²) in [5.74, 6) is -1.64. The number of pyridine rings is 1. The molecule has 0 bridgehead atoms. The van der Waals surface area contributed by atoms with Crippen molar-refractivity contribution in [1.82, 2.24) is 10.3 Å². The van der Waals surface area contributed by atoms with Crippen LogP contribution in [0.4, 0.5) is 4.79 Å². The van der Waals surface area contributed by atoms with Crippen molar-refractivity contribution in [3.8, 4) is 0 Å². The lowest BCUT2D eigenvalue weighted by atomic mass is 9.92. The third-order valence-corrected chi connectivity index (χ3v) is 3.80. The smallest absolute Gasteiger partial charge is 0.414 e. The van der Waals surface area contributed by atoms with Crippen LogP contribution in [0.1, 0.15) is 19.4 Å². The molecule has 1 aliphatic heterocycles. The maximum atomic E-state index is 12.5. The fourth-order valence-corrected chi connectivity index (χ4v) is 2.49. The van der Waals surface area contributed by atoms with Crippen molar-refractivity contribution in [2.45, 2.75) is 19.4 Å². The summed E-state index contributed by atoms with van der Waals surface area (Å²) in [4.78, 5) is 28.3. The van der Waals surface area contributed by atoms with E-state index in [0.717, 1.165) is 10.9 Å². The molecule has 1 aromatic carbocycles. The quantitative estimate of drug-likeness (QED) is 0.898. The highest BCUT2D eigenvalue weighted by molar-refractivity contribution is 6.03. The molecular weight excluding hydrogens is 312 g/mol. The highest BCUT2D eigenvalue weighted by Gasteiger charge is 2.48. The molecule has 0 saturated carbocycles. The molecule has 124 valence electrons. The number of alkyl carbamates (subject to hydrolysis) is 1. The first-order valence-corrected chi connectivity index (χ1v) is 7.42. The largest absolute Gasteiger partial charge is 0.501 e. The third kappa shape index (κ3) is 2.54. The molecule has 1 aliphatic rings. The van der Waals surface area contributed by atoms with Crippen LogP contribution in [0.2, 0.25) is 0 Å². The second kappa shape index (κ2) is 5.84. The zero-order chi connectivity index (χ0) is 17.3. The Labute approximate surface area is 137 Å². The molecule has 2 N–H and O–H groups in total. The van der Waals surface area contributed by atoms with Crippen LogP contribution in [-0.2, 0) is 19.9 Å². The number of hydrogen-bond acceptors (Lipinski definition) is 6. The fraction of sp³-hybridized carbons (Fsp3) is 0.235. The molecule has 7 heteroatoms. The van der Waals surface area contributed by atoms with Crippen molar-refractivity contribution in [3.05, 3.63) is 53.7 Å². The fourth-order valence-electron chi connectivity index (χ4n) is 2.49. The molecular formula is C17H16N2O5. The van der Waals surface area contributed by atoms with Gasteiger partial charge in [0.25, 0.3) is 5.78 Å². The highest BCUT2D eigenvalue weighted by atomic mass is 16.6. The summed E-state index contributed by atoms with van der Waals surface area (Å²) in [5.41, 5.74) is -0.230. The molecule has 0 spiro atoms. The molecule has 1 atom stereocenters. The van der Waals surface area contributed by atoms with Crippen molar-refractivity contribution < 1.29 is 24.2 Å². The summed E-state index contributed by atoms with van der Waals surface area (Å²) in [6, 6.07) is 9.20. The molecule has 3 rings (SSSR count). The van der Waals surface area contributed by atoms with Crippen LogP contribution in [0.5, 0.6) is 0 Å². The van der Waals surface area contributed by atoms with Gasteiger partial charge in [-0.25, -0.2) is 4.79 Å². The van der Waals surface area contributed by atoms with Crippen molar-refractivity contribution in [1.29, 1.82) is 0 Å². The number of fused-ring (bicyclic) bond motifs is 1. The molecule has 0 aliphatic carbocycles. The Kier molecular flexibility index (Phi) is 3.84. The highest BCUT2D eigenvalue weighted by Crippen LogP contribution is 2.37. The van der Waals surface area contributed by atoms with E-state index in [9.17, 15) is 14.7 Å². The number of benzene rings is 1. The van der Waals surface area contributed by atoms with E-state index in [1.165, 1.54) is 13.1 Å². The standard InChI is InChI=1S/C17H16N2O5/c1-3-23-16(22)19-15-13(20)14(21)17(2,24-15)11-8-10-6-4-5-7-12(10)18-9-11/h4-9,20H,3H2,1-2H3,(H,19,22). The van der Waals surface area contributed by atoms with Crippen molar-refractivity contribution in [2.24, 2.45) is 0 Å². The predicted molar refractivity (Wildman–Crippen MR) is 85.0 cm³/mol. The minimum atomic E-state index is -1.48. The van der Waals surface area contributed by atoms with Gasteiger partial charge in [0.1, 0.15) is 0 Å². The molecule has 1 unspecified atom stereocenters. The van der Waals surface area contributed by atoms with E-state index in [1.807, 2.05) is 24.3 Å². The summed E-state index contributed by atoms with van der Waals surface area (Å²) in [6.45, 7) is 3.30. The number of nitrogens with one attached hydrogen (secondary N) is 1. The van der Waals surface area contributed by atoms with Crippen LogP contribution in [0.3, 0.4) is 0 Å². The number of aliphatic hydroxyl groups excluding tert-OH is 1. The number of carbonyl (C=O) groups excluding carboxylic acids is 2. The molecule has 2 heterocycles. The van der Waals surface area contributed by atoms with Crippen LogP contribution >= 0.6 is 0 Å². The summed E-state index contributed by atoms with van der Waals surface area (Å²) < 4.78 is 10.3. The maximum Gasteiger partial charge on any atom is 0.414 e. The second-order valence-corrected chi connectivity index (χ2v) is 5.40. The zero-order valence-corrected chi connectivity index (χ0v) is 13.2. The Morgan fingerprint density at radius 3 is 2.92 bits per heavy atom. The average molecular weight is 328 g/mol. The molecule has 0 saturated heterocycles. The van der Waals surface area contributed by atoms with Crippen molar-refractivity contribution in [3.63, 3.8) is 0 Å². The normalized spacial score (nSPS) is 20.2. The molecule has 1 aromatic heterocycles. The first-order chi connectivity index (χ1) is 11.5. The number of ketones is 1. The van der Waals surface area contributed by atoms with Gasteiger partial charge in [0.2, 0.25) is 17.2 Å². The predicted octanol–water partition coefficient (Wildman–Crippen LogP) is 2.52. The first-order valence-electron chi connectivity index (χ1n) is 7.42. The van der Waals surface area contributed by atoms with Crippen LogP contribution in [0.25, 0.3) is 10.9 Å². The van der Waals surface area contributed by atoms with E-state index >= 15 is 0 Å². The van der Waals surface area contributed by atoms with E-state index in [0.29, 0.717) is 5.56 Å². The van der Waals surface area contributed by atoms with Crippen LogP contribution in [-0.4, -0.2) is 28.6 Å². The zero-order valence-electron chi connectivity index (χ0n) is 13.2. The molecule has 2 aromatic rings. The Hall–Kier alpha value is -3.09. The van der Waals surface area contributed by atoms with E-state index in [1.54, 1.807) is 13.0 Å². The van der Waals surface area contributed by atoms with Gasteiger partial charge in [0.15, 0.2) is 0 Å². The van der Waals surface area contributed by atoms with Gasteiger partial charge in [-0.3, -0.25) is 15.1 Å². The summed E-state index contributed by atoms with van der Waals surface area (Å²) in [5, 5.41) is 13.1. The Morgan fingerprint density at radius 1 is 1.42 bits per heavy atom. The number of amides is 1. The summed E-state index contributed by atoms with van der Waals surface area (Å²) >= 11 is 0. The van der Waals surface area contributed by atoms with Crippen molar-refractivity contribution >= 4 is 22.8 Å². The van der Waals surface area contributed by atoms with Gasteiger partial charge in [0, 0.05) is 17.1 Å². The van der Waals surface area contributed by atoms with Gasteiger partial charge in [0.05, 0.1) is 12.1 Å². The molecule has 24 heavy (non-hydrogen) atoms. The number of aromatic nitrogens is 1. The molecule has 0 fully saturated rings. The Bertz CT molecular complexity index is 861.